The summed E-state index contributed by atoms with van der Waals surface area (Å²) in [4.78, 5) is 11.9. The topological polar surface area (TPSA) is 55.1 Å². The van der Waals surface area contributed by atoms with Crippen LogP contribution in [0.15, 0.2) is 24.3 Å². The highest BCUT2D eigenvalue weighted by molar-refractivity contribution is 5.91. The number of nitrogens with one attached hydrogen (secondary N) is 1. The number of benzene rings is 1. The molecule has 0 unspecified atom stereocenters. The molecule has 3 nitrogen and oxygen atoms in total. The van der Waals surface area contributed by atoms with Crippen molar-refractivity contribution in [1.82, 2.24) is 5.32 Å². The summed E-state index contributed by atoms with van der Waals surface area (Å²) in [7, 11) is 0. The van der Waals surface area contributed by atoms with Crippen LogP contribution in [0.2, 0.25) is 0 Å². The second kappa shape index (κ2) is 4.22. The van der Waals surface area contributed by atoms with Crippen molar-refractivity contribution in [2.75, 3.05) is 13.1 Å². The molecule has 1 aromatic rings. The molecule has 1 amide bonds. The molecule has 3 N–H and O–H groups in total. The summed E-state index contributed by atoms with van der Waals surface area (Å²) in [5, 5.41) is 2.79. The van der Waals surface area contributed by atoms with Gasteiger partial charge in [-0.1, -0.05) is 12.1 Å². The summed E-state index contributed by atoms with van der Waals surface area (Å²) in [5.74, 6) is -0.272. The van der Waals surface area contributed by atoms with Crippen LogP contribution in [-0.4, -0.2) is 19.0 Å². The van der Waals surface area contributed by atoms with Crippen LogP contribution < -0.4 is 11.1 Å². The van der Waals surface area contributed by atoms with Crippen molar-refractivity contribution in [3.05, 3.63) is 35.6 Å². The van der Waals surface area contributed by atoms with Crippen LogP contribution in [0.4, 0.5) is 4.39 Å². The van der Waals surface area contributed by atoms with E-state index in [1.165, 1.54) is 12.1 Å². The maximum Gasteiger partial charge on any atom is 0.230 e. The summed E-state index contributed by atoms with van der Waals surface area (Å²) in [6.07, 6.45) is 1.66. The molecule has 0 bridgehead atoms. The van der Waals surface area contributed by atoms with E-state index in [2.05, 4.69) is 5.32 Å². The van der Waals surface area contributed by atoms with Crippen molar-refractivity contribution in [3.63, 3.8) is 0 Å². The number of rotatable bonds is 4. The van der Waals surface area contributed by atoms with E-state index < -0.39 is 5.41 Å². The lowest BCUT2D eigenvalue weighted by Crippen LogP contribution is -2.37. The Bertz CT molecular complexity index is 385. The molecule has 16 heavy (non-hydrogen) atoms. The lowest BCUT2D eigenvalue weighted by atomic mass is 9.95. The lowest BCUT2D eigenvalue weighted by molar-refractivity contribution is -0.123. The van der Waals surface area contributed by atoms with Gasteiger partial charge in [-0.05, 0) is 30.5 Å². The molecule has 1 aliphatic rings. The Balaban J connectivity index is 2.13. The van der Waals surface area contributed by atoms with Crippen molar-refractivity contribution in [2.24, 2.45) is 5.73 Å². The maximum absolute atomic E-state index is 12.8. The van der Waals surface area contributed by atoms with Crippen LogP contribution in [-0.2, 0) is 10.2 Å². The van der Waals surface area contributed by atoms with Crippen molar-refractivity contribution in [2.45, 2.75) is 18.3 Å². The molecule has 4 heteroatoms. The molecule has 0 aliphatic heterocycles. The minimum Gasteiger partial charge on any atom is -0.354 e. The van der Waals surface area contributed by atoms with E-state index in [0.717, 1.165) is 18.4 Å². The number of carbonyl (C=O) groups is 1. The number of amides is 1. The van der Waals surface area contributed by atoms with Gasteiger partial charge >= 0.3 is 0 Å². The third-order valence-electron chi connectivity index (χ3n) is 3.01. The fourth-order valence-corrected chi connectivity index (χ4v) is 1.90. The first kappa shape index (κ1) is 11.1. The van der Waals surface area contributed by atoms with Crippen LogP contribution >= 0.6 is 0 Å². The van der Waals surface area contributed by atoms with Crippen molar-refractivity contribution < 1.29 is 9.18 Å². The van der Waals surface area contributed by atoms with E-state index in [1.54, 1.807) is 12.1 Å². The minimum atomic E-state index is -0.428. The zero-order valence-corrected chi connectivity index (χ0v) is 9.00. The van der Waals surface area contributed by atoms with Gasteiger partial charge in [0.05, 0.1) is 5.41 Å². The molecule has 0 saturated heterocycles. The van der Waals surface area contributed by atoms with E-state index >= 15 is 0 Å². The highest BCUT2D eigenvalue weighted by atomic mass is 19.1. The van der Waals surface area contributed by atoms with Gasteiger partial charge in [-0.2, -0.15) is 0 Å². The molecule has 1 aromatic carbocycles. The standard InChI is InChI=1S/C12H15FN2O/c13-10-3-1-9(2-4-10)12(5-6-12)11(16)15-8-7-14/h1-4H,5-8,14H2,(H,15,16). The van der Waals surface area contributed by atoms with Crippen molar-refractivity contribution in [3.8, 4) is 0 Å². The Morgan fingerprint density at radius 3 is 2.50 bits per heavy atom. The van der Waals surface area contributed by atoms with Crippen molar-refractivity contribution in [1.29, 1.82) is 0 Å². The number of hydrogen-bond donors (Lipinski definition) is 2. The van der Waals surface area contributed by atoms with Crippen LogP contribution in [0.5, 0.6) is 0 Å². The van der Waals surface area contributed by atoms with Crippen LogP contribution in [0.1, 0.15) is 18.4 Å². The molecular weight excluding hydrogens is 207 g/mol. The van der Waals surface area contributed by atoms with Gasteiger partial charge in [0.25, 0.3) is 0 Å². The first-order valence-electron chi connectivity index (χ1n) is 5.43. The number of nitrogens with two attached hydrogens (primary N) is 1. The first-order valence-corrected chi connectivity index (χ1v) is 5.43. The summed E-state index contributed by atoms with van der Waals surface area (Å²) >= 11 is 0. The van der Waals surface area contributed by atoms with Gasteiger partial charge in [0.1, 0.15) is 5.82 Å². The highest BCUT2D eigenvalue weighted by Gasteiger charge is 2.50. The van der Waals surface area contributed by atoms with Gasteiger partial charge in [-0.3, -0.25) is 4.79 Å². The van der Waals surface area contributed by atoms with Gasteiger partial charge in [-0.25, -0.2) is 4.39 Å². The molecule has 2 rings (SSSR count). The summed E-state index contributed by atoms with van der Waals surface area (Å²) in [5.41, 5.74) is 5.80. The fourth-order valence-electron chi connectivity index (χ4n) is 1.90. The molecule has 0 radical (unpaired) electrons. The van der Waals surface area contributed by atoms with E-state index in [1.807, 2.05) is 0 Å². The number of carbonyl (C=O) groups excluding carboxylic acids is 1. The number of halogens is 1. The molecule has 0 spiro atoms. The molecule has 0 atom stereocenters. The van der Waals surface area contributed by atoms with Crippen LogP contribution in [0.3, 0.4) is 0 Å². The van der Waals surface area contributed by atoms with Gasteiger partial charge in [0.15, 0.2) is 0 Å². The van der Waals surface area contributed by atoms with Gasteiger partial charge in [-0.15, -0.1) is 0 Å². The smallest absolute Gasteiger partial charge is 0.230 e. The first-order chi connectivity index (χ1) is 7.69. The zero-order chi connectivity index (χ0) is 11.6. The molecule has 86 valence electrons. The molecule has 1 fully saturated rings. The SMILES string of the molecule is NCCNC(=O)C1(c2ccc(F)cc2)CC1. The fraction of sp³-hybridized carbons (Fsp3) is 0.417. The maximum atomic E-state index is 12.8. The summed E-state index contributed by atoms with van der Waals surface area (Å²) in [6.45, 7) is 0.924. The average molecular weight is 222 g/mol. The predicted octanol–water partition coefficient (Wildman–Crippen LogP) is 0.932. The molecule has 1 saturated carbocycles. The third-order valence-corrected chi connectivity index (χ3v) is 3.01. The predicted molar refractivity (Wildman–Crippen MR) is 59.4 cm³/mol. The van der Waals surface area contributed by atoms with Gasteiger partial charge in [0, 0.05) is 13.1 Å². The van der Waals surface area contributed by atoms with Crippen LogP contribution in [0.25, 0.3) is 0 Å². The average Bonchev–Trinajstić information content (AvgIpc) is 3.08. The van der Waals surface area contributed by atoms with Gasteiger partial charge in [0.2, 0.25) is 5.91 Å². The Morgan fingerprint density at radius 2 is 2.00 bits per heavy atom. The Hall–Kier alpha value is -1.42. The minimum absolute atomic E-state index is 0.00422. The molecule has 0 aromatic heterocycles. The number of hydrogen-bond acceptors (Lipinski definition) is 2. The van der Waals surface area contributed by atoms with Crippen molar-refractivity contribution >= 4 is 5.91 Å². The van der Waals surface area contributed by atoms with E-state index in [-0.39, 0.29) is 11.7 Å². The second-order valence-corrected chi connectivity index (χ2v) is 4.13. The normalized spacial score (nSPS) is 16.9. The second-order valence-electron chi connectivity index (χ2n) is 4.13. The van der Waals surface area contributed by atoms with E-state index in [0.29, 0.717) is 13.1 Å². The Labute approximate surface area is 93.8 Å². The lowest BCUT2D eigenvalue weighted by Gasteiger charge is -2.15. The largest absolute Gasteiger partial charge is 0.354 e. The highest BCUT2D eigenvalue weighted by Crippen LogP contribution is 2.48. The van der Waals surface area contributed by atoms with Crippen LogP contribution in [0, 0.1) is 5.82 Å². The zero-order valence-electron chi connectivity index (χ0n) is 9.00. The monoisotopic (exact) mass is 222 g/mol. The quantitative estimate of drug-likeness (QED) is 0.796. The summed E-state index contributed by atoms with van der Waals surface area (Å²) < 4.78 is 12.8. The Morgan fingerprint density at radius 1 is 1.38 bits per heavy atom. The molecule has 1 aliphatic carbocycles. The molecule has 0 heterocycles. The third kappa shape index (κ3) is 1.93. The molecular formula is C12H15FN2O. The van der Waals surface area contributed by atoms with E-state index in [4.69, 9.17) is 5.73 Å². The Kier molecular flexibility index (Phi) is 2.92. The summed E-state index contributed by atoms with van der Waals surface area (Å²) in [6, 6.07) is 6.16. The van der Waals surface area contributed by atoms with Gasteiger partial charge < -0.3 is 11.1 Å². The van der Waals surface area contributed by atoms with E-state index in [9.17, 15) is 9.18 Å².